The van der Waals surface area contributed by atoms with E-state index in [-0.39, 0.29) is 17.4 Å². The maximum Gasteiger partial charge on any atom is 0.161 e. The monoisotopic (exact) mass is 482 g/mol. The molecule has 0 aromatic heterocycles. The molecule has 1 aliphatic heterocycles. The molecule has 2 aliphatic rings. The highest BCUT2D eigenvalue weighted by Gasteiger charge is 2.43. The summed E-state index contributed by atoms with van der Waals surface area (Å²) in [5, 5.41) is 21.6. The van der Waals surface area contributed by atoms with Crippen molar-refractivity contribution in [2.45, 2.75) is 39.0 Å². The van der Waals surface area contributed by atoms with E-state index < -0.39 is 5.92 Å². The van der Waals surface area contributed by atoms with Crippen molar-refractivity contribution in [3.8, 4) is 0 Å². The summed E-state index contributed by atoms with van der Waals surface area (Å²) in [6.07, 6.45) is 1.86. The van der Waals surface area contributed by atoms with Gasteiger partial charge < -0.3 is 5.11 Å². The summed E-state index contributed by atoms with van der Waals surface area (Å²) in [7, 11) is 0. The van der Waals surface area contributed by atoms with E-state index in [1.54, 1.807) is 4.90 Å². The molecule has 0 amide bonds. The van der Waals surface area contributed by atoms with Gasteiger partial charge in [-0.25, -0.2) is 0 Å². The van der Waals surface area contributed by atoms with Gasteiger partial charge in [0.2, 0.25) is 0 Å². The molecule has 0 spiro atoms. The number of aryl methyl sites for hydroxylation is 2. The summed E-state index contributed by atoms with van der Waals surface area (Å²) < 4.78 is 0. The number of hydrogen-bond donors (Lipinski definition) is 2. The highest BCUT2D eigenvalue weighted by Crippen LogP contribution is 2.48. The molecule has 3 aromatic carbocycles. The molecule has 1 atom stereocenters. The Balaban J connectivity index is 1.82. The van der Waals surface area contributed by atoms with Gasteiger partial charge >= 0.3 is 0 Å². The van der Waals surface area contributed by atoms with Crippen LogP contribution in [0.2, 0.25) is 5.02 Å². The number of aliphatic hydroxyl groups excluding tert-OH is 1. The molecule has 5 heteroatoms. The molecule has 0 saturated carbocycles. The normalized spacial score (nSPS) is 19.6. The zero-order valence-corrected chi connectivity index (χ0v) is 20.6. The molecule has 1 heterocycles. The third-order valence-electron chi connectivity index (χ3n) is 6.88. The fourth-order valence-electron chi connectivity index (χ4n) is 5.04. The van der Waals surface area contributed by atoms with Gasteiger partial charge in [-0.2, -0.15) is 0 Å². The molecule has 1 aliphatic carbocycles. The molecule has 5 rings (SSSR count). The van der Waals surface area contributed by atoms with Gasteiger partial charge in [-0.1, -0.05) is 77.8 Å². The van der Waals surface area contributed by atoms with Crippen LogP contribution in [0, 0.1) is 19.3 Å². The van der Waals surface area contributed by atoms with Crippen molar-refractivity contribution < 1.29 is 9.90 Å². The predicted octanol–water partition coefficient (Wildman–Crippen LogP) is 7.51. The minimum absolute atomic E-state index is 0.0111. The lowest BCUT2D eigenvalue weighted by molar-refractivity contribution is -0.116. The van der Waals surface area contributed by atoms with E-state index >= 15 is 0 Å². The number of carbonyl (C=O) groups is 1. The van der Waals surface area contributed by atoms with Gasteiger partial charge in [0.05, 0.1) is 0 Å². The first-order valence-corrected chi connectivity index (χ1v) is 12.2. The lowest BCUT2D eigenvalue weighted by atomic mass is 9.73. The molecule has 176 valence electrons. The van der Waals surface area contributed by atoms with Crippen molar-refractivity contribution in [1.82, 2.24) is 0 Å². The van der Waals surface area contributed by atoms with E-state index in [4.69, 9.17) is 11.6 Å². The lowest BCUT2D eigenvalue weighted by Crippen LogP contribution is -2.42. The van der Waals surface area contributed by atoms with E-state index in [9.17, 15) is 15.3 Å². The number of amidine groups is 1. The Morgan fingerprint density at radius 1 is 1.00 bits per heavy atom. The molecule has 4 nitrogen and oxygen atoms in total. The predicted molar refractivity (Wildman–Crippen MR) is 142 cm³/mol. The van der Waals surface area contributed by atoms with Crippen LogP contribution in [0.15, 0.2) is 89.6 Å². The van der Waals surface area contributed by atoms with Crippen LogP contribution < -0.4 is 4.90 Å². The Hall–Kier alpha value is -3.63. The molecule has 35 heavy (non-hydrogen) atoms. The average Bonchev–Trinajstić information content (AvgIpc) is 2.86. The zero-order chi connectivity index (χ0) is 24.7. The Morgan fingerprint density at radius 2 is 1.71 bits per heavy atom. The van der Waals surface area contributed by atoms with Gasteiger partial charge in [0, 0.05) is 45.5 Å². The lowest BCUT2D eigenvalue weighted by Gasteiger charge is -2.42. The van der Waals surface area contributed by atoms with Crippen LogP contribution >= 0.6 is 11.6 Å². The Labute approximate surface area is 210 Å². The number of nitrogens with one attached hydrogen (secondary N) is 1. The number of halogens is 1. The molecule has 0 saturated heterocycles. The number of ketones is 1. The highest BCUT2D eigenvalue weighted by atomic mass is 35.5. The summed E-state index contributed by atoms with van der Waals surface area (Å²) in [5.41, 5.74) is 6.13. The number of anilines is 1. The maximum absolute atomic E-state index is 13.5. The van der Waals surface area contributed by atoms with Crippen LogP contribution in [-0.4, -0.2) is 16.7 Å². The van der Waals surface area contributed by atoms with Gasteiger partial charge in [-0.15, -0.1) is 0 Å². The van der Waals surface area contributed by atoms with Crippen molar-refractivity contribution in [2.24, 2.45) is 0 Å². The van der Waals surface area contributed by atoms with Crippen molar-refractivity contribution in [1.29, 1.82) is 5.41 Å². The first kappa shape index (κ1) is 23.1. The molecule has 2 N–H and O–H groups in total. The number of nitrogens with zero attached hydrogens (tertiary/aromatic N) is 1. The Bertz CT molecular complexity index is 1390. The third-order valence-corrected chi connectivity index (χ3v) is 7.29. The smallest absolute Gasteiger partial charge is 0.161 e. The van der Waals surface area contributed by atoms with Gasteiger partial charge in [0.1, 0.15) is 11.6 Å². The molecule has 0 radical (unpaired) electrons. The number of rotatable bonds is 3. The summed E-state index contributed by atoms with van der Waals surface area (Å²) in [6.45, 7) is 3.92. The molecule has 3 aromatic rings. The van der Waals surface area contributed by atoms with Gasteiger partial charge in [0.25, 0.3) is 0 Å². The van der Waals surface area contributed by atoms with Crippen LogP contribution in [0.5, 0.6) is 0 Å². The first-order chi connectivity index (χ1) is 16.9. The van der Waals surface area contributed by atoms with Gasteiger partial charge in [-0.05, 0) is 49.9 Å². The van der Waals surface area contributed by atoms with E-state index in [2.05, 4.69) is 0 Å². The van der Waals surface area contributed by atoms with E-state index in [0.29, 0.717) is 40.3 Å². The highest BCUT2D eigenvalue weighted by molar-refractivity contribution is 6.32. The second-order valence-electron chi connectivity index (χ2n) is 9.23. The molecule has 0 fully saturated rings. The van der Waals surface area contributed by atoms with Gasteiger partial charge in [0.15, 0.2) is 5.78 Å². The summed E-state index contributed by atoms with van der Waals surface area (Å²) in [6, 6.07) is 23.0. The fourth-order valence-corrected chi connectivity index (χ4v) is 5.22. The topological polar surface area (TPSA) is 64.4 Å². The van der Waals surface area contributed by atoms with Crippen molar-refractivity contribution in [3.05, 3.63) is 117 Å². The van der Waals surface area contributed by atoms with E-state index in [0.717, 1.165) is 28.8 Å². The van der Waals surface area contributed by atoms with Crippen LogP contribution in [0.4, 0.5) is 5.69 Å². The number of benzene rings is 3. The van der Waals surface area contributed by atoms with E-state index in [1.165, 1.54) is 0 Å². The van der Waals surface area contributed by atoms with Crippen molar-refractivity contribution in [3.63, 3.8) is 0 Å². The van der Waals surface area contributed by atoms with E-state index in [1.807, 2.05) is 86.6 Å². The number of Topliss-reactive ketones (excluding diaryl/α,β-unsaturated/α-hetero) is 1. The maximum atomic E-state index is 13.5. The second-order valence-corrected chi connectivity index (χ2v) is 9.63. The fraction of sp³-hybridized carbons (Fsp3) is 0.200. The number of hydrogen-bond acceptors (Lipinski definition) is 3. The van der Waals surface area contributed by atoms with Crippen LogP contribution in [0.1, 0.15) is 47.4 Å². The van der Waals surface area contributed by atoms with Gasteiger partial charge in [-0.3, -0.25) is 15.1 Å². The standard InChI is InChI=1S/C30H27ClN2O2/c1-18-11-14-21(15-12-18)29(35)28-26(20-7-4-3-5-8-20)27-24(9-6-10-25(27)34)33(30(28)32)22-16-13-19(2)23(31)17-22/h3-5,7-8,11-17,26,32,35H,6,9-10H2,1-2H3/t26-/m1/s1. The molecular weight excluding hydrogens is 456 g/mol. The van der Waals surface area contributed by atoms with Crippen molar-refractivity contribution >= 4 is 34.7 Å². The largest absolute Gasteiger partial charge is 0.507 e. The number of aliphatic hydroxyl groups is 1. The zero-order valence-electron chi connectivity index (χ0n) is 19.8. The summed E-state index contributed by atoms with van der Waals surface area (Å²) in [5.74, 6) is -0.294. The Kier molecular flexibility index (Phi) is 6.08. The Morgan fingerprint density at radius 3 is 2.40 bits per heavy atom. The van der Waals surface area contributed by atoms with Crippen molar-refractivity contribution in [2.75, 3.05) is 4.90 Å². The van der Waals surface area contributed by atoms with Crippen LogP contribution in [0.25, 0.3) is 5.76 Å². The van der Waals surface area contributed by atoms with Crippen LogP contribution in [-0.2, 0) is 4.79 Å². The number of allylic oxidation sites excluding steroid dienone is 2. The van der Waals surface area contributed by atoms with Crippen LogP contribution in [0.3, 0.4) is 0 Å². The SMILES string of the molecule is Cc1ccc(C(O)=C2C(=N)N(c3ccc(C)c(Cl)c3)C3=C(C(=O)CCC3)[C@H]2c2ccccc2)cc1. The quantitative estimate of drug-likeness (QED) is 0.379. The first-order valence-electron chi connectivity index (χ1n) is 11.8. The average molecular weight is 483 g/mol. The summed E-state index contributed by atoms with van der Waals surface area (Å²) in [4.78, 5) is 15.3. The second kappa shape index (κ2) is 9.20. The minimum atomic E-state index is -0.523. The molecule has 0 bridgehead atoms. The summed E-state index contributed by atoms with van der Waals surface area (Å²) >= 11 is 6.48. The third kappa shape index (κ3) is 4.08. The molecular formula is C30H27ClN2O2. The molecule has 0 unspecified atom stereocenters. The number of carbonyl (C=O) groups excluding carboxylic acids is 1. The minimum Gasteiger partial charge on any atom is -0.507 e.